The topological polar surface area (TPSA) is 26.3 Å². The van der Waals surface area contributed by atoms with Crippen LogP contribution in [0.25, 0.3) is 0 Å². The Morgan fingerprint density at radius 3 is 2.38 bits per heavy atom. The first-order valence-electron chi connectivity index (χ1n) is 6.34. The summed E-state index contributed by atoms with van der Waals surface area (Å²) in [6.45, 7) is 13.3. The van der Waals surface area contributed by atoms with Gasteiger partial charge in [0, 0.05) is 6.42 Å². The molecule has 2 nitrogen and oxygen atoms in total. The van der Waals surface area contributed by atoms with Crippen molar-refractivity contribution >= 4 is 14.1 Å². The predicted octanol–water partition coefficient (Wildman–Crippen LogP) is 3.77. The zero-order valence-electron chi connectivity index (χ0n) is 11.6. The quantitative estimate of drug-likeness (QED) is 0.689. The number of carbonyl (C=O) groups is 1. The second-order valence-electron chi connectivity index (χ2n) is 6.71. The summed E-state index contributed by atoms with van der Waals surface area (Å²) in [7, 11) is -1.78. The maximum atomic E-state index is 11.8. The Labute approximate surface area is 101 Å². The summed E-state index contributed by atoms with van der Waals surface area (Å²) in [6.07, 6.45) is 2.55. The molecule has 94 valence electrons. The van der Waals surface area contributed by atoms with Crippen molar-refractivity contribution < 1.29 is 9.22 Å². The Morgan fingerprint density at radius 1 is 1.31 bits per heavy atom. The molecular weight excluding hydrogens is 216 g/mol. The smallest absolute Gasteiger partial charge is 0.193 e. The van der Waals surface area contributed by atoms with E-state index < -0.39 is 8.32 Å². The Bertz CT molecular complexity index is 266. The van der Waals surface area contributed by atoms with E-state index in [-0.39, 0.29) is 11.1 Å². The van der Waals surface area contributed by atoms with Gasteiger partial charge in [-0.2, -0.15) is 0 Å². The van der Waals surface area contributed by atoms with Crippen LogP contribution in [0, 0.1) is 5.92 Å². The van der Waals surface area contributed by atoms with Crippen LogP contribution in [0.1, 0.15) is 47.0 Å². The van der Waals surface area contributed by atoms with Gasteiger partial charge in [0.05, 0.1) is 0 Å². The van der Waals surface area contributed by atoms with E-state index in [1.165, 1.54) is 0 Å². The molecule has 3 heteroatoms. The first-order valence-corrected chi connectivity index (χ1v) is 9.25. The maximum Gasteiger partial charge on any atom is 0.193 e. The van der Waals surface area contributed by atoms with Crippen molar-refractivity contribution in [1.82, 2.24) is 0 Å². The molecule has 16 heavy (non-hydrogen) atoms. The van der Waals surface area contributed by atoms with Crippen LogP contribution in [0.15, 0.2) is 0 Å². The van der Waals surface area contributed by atoms with Crippen molar-refractivity contribution in [2.75, 3.05) is 0 Å². The van der Waals surface area contributed by atoms with Crippen LogP contribution in [-0.4, -0.2) is 20.2 Å². The van der Waals surface area contributed by atoms with E-state index in [1.807, 2.05) is 0 Å². The van der Waals surface area contributed by atoms with E-state index in [9.17, 15) is 4.79 Å². The van der Waals surface area contributed by atoms with Gasteiger partial charge in [0.2, 0.25) is 0 Å². The van der Waals surface area contributed by atoms with Crippen LogP contribution < -0.4 is 0 Å². The third-order valence-corrected chi connectivity index (χ3v) is 8.59. The van der Waals surface area contributed by atoms with Gasteiger partial charge >= 0.3 is 0 Å². The first-order chi connectivity index (χ1) is 7.13. The van der Waals surface area contributed by atoms with Crippen molar-refractivity contribution in [2.45, 2.75) is 71.2 Å². The fourth-order valence-electron chi connectivity index (χ4n) is 1.81. The molecule has 2 unspecified atom stereocenters. The molecule has 0 bridgehead atoms. The highest BCUT2D eigenvalue weighted by molar-refractivity contribution is 6.74. The zero-order chi connectivity index (χ0) is 12.6. The lowest BCUT2D eigenvalue weighted by Gasteiger charge is -2.40. The van der Waals surface area contributed by atoms with E-state index in [4.69, 9.17) is 4.43 Å². The van der Waals surface area contributed by atoms with Crippen LogP contribution in [0.4, 0.5) is 0 Å². The Kier molecular flexibility index (Phi) is 4.01. The Morgan fingerprint density at radius 2 is 1.88 bits per heavy atom. The molecule has 0 aromatic rings. The molecule has 1 saturated carbocycles. The molecule has 1 fully saturated rings. The number of rotatable bonds is 2. The van der Waals surface area contributed by atoms with Gasteiger partial charge < -0.3 is 4.43 Å². The predicted molar refractivity (Wildman–Crippen MR) is 70.1 cm³/mol. The number of ketones is 1. The highest BCUT2D eigenvalue weighted by Crippen LogP contribution is 2.39. The van der Waals surface area contributed by atoms with Crippen molar-refractivity contribution in [3.8, 4) is 0 Å². The van der Waals surface area contributed by atoms with Gasteiger partial charge in [0.15, 0.2) is 14.1 Å². The fraction of sp³-hybridized carbons (Fsp3) is 0.923. The van der Waals surface area contributed by atoms with Crippen molar-refractivity contribution in [1.29, 1.82) is 0 Å². The lowest BCUT2D eigenvalue weighted by Crippen LogP contribution is -2.47. The standard InChI is InChI=1S/C13H26O2Si/c1-10-7-8-11(14)12(9-10)15-16(5,6)13(2,3)4/h10,12H,7-9H2,1-6H3. The summed E-state index contributed by atoms with van der Waals surface area (Å²) in [6, 6.07) is 0. The molecule has 0 heterocycles. The van der Waals surface area contributed by atoms with E-state index in [2.05, 4.69) is 40.8 Å². The monoisotopic (exact) mass is 242 g/mol. The van der Waals surface area contributed by atoms with Crippen LogP contribution >= 0.6 is 0 Å². The minimum absolute atomic E-state index is 0.121. The van der Waals surface area contributed by atoms with Crippen molar-refractivity contribution in [2.24, 2.45) is 5.92 Å². The summed E-state index contributed by atoms with van der Waals surface area (Å²) in [4.78, 5) is 11.8. The van der Waals surface area contributed by atoms with Crippen LogP contribution in [0.3, 0.4) is 0 Å². The van der Waals surface area contributed by atoms with Crippen LogP contribution in [0.2, 0.25) is 18.1 Å². The van der Waals surface area contributed by atoms with Gasteiger partial charge in [-0.25, -0.2) is 0 Å². The number of hydrogen-bond acceptors (Lipinski definition) is 2. The molecule has 0 aromatic heterocycles. The van der Waals surface area contributed by atoms with Gasteiger partial charge in [-0.3, -0.25) is 4.79 Å². The van der Waals surface area contributed by atoms with Crippen LogP contribution in [-0.2, 0) is 9.22 Å². The molecule has 1 rings (SSSR count). The van der Waals surface area contributed by atoms with Gasteiger partial charge in [-0.15, -0.1) is 0 Å². The zero-order valence-corrected chi connectivity index (χ0v) is 12.6. The minimum atomic E-state index is -1.78. The van der Waals surface area contributed by atoms with Gasteiger partial charge in [0.1, 0.15) is 6.10 Å². The molecule has 2 atom stereocenters. The van der Waals surface area contributed by atoms with Gasteiger partial charge in [-0.1, -0.05) is 27.7 Å². The summed E-state index contributed by atoms with van der Waals surface area (Å²) in [5.74, 6) is 0.954. The van der Waals surface area contributed by atoms with E-state index in [1.54, 1.807) is 0 Å². The van der Waals surface area contributed by atoms with Crippen molar-refractivity contribution in [3.63, 3.8) is 0 Å². The lowest BCUT2D eigenvalue weighted by molar-refractivity contribution is -0.129. The molecule has 1 aliphatic carbocycles. The maximum absolute atomic E-state index is 11.8. The Hall–Kier alpha value is -0.153. The summed E-state index contributed by atoms with van der Waals surface area (Å²) < 4.78 is 6.22. The molecule has 0 amide bonds. The second kappa shape index (κ2) is 4.61. The van der Waals surface area contributed by atoms with E-state index in [0.29, 0.717) is 18.1 Å². The number of Topliss-reactive ketones (excluding diaryl/α,β-unsaturated/α-hetero) is 1. The molecule has 0 N–H and O–H groups in total. The Balaban J connectivity index is 2.69. The normalized spacial score (nSPS) is 28.2. The number of carbonyl (C=O) groups excluding carboxylic acids is 1. The molecule has 0 spiro atoms. The molecule has 0 aliphatic heterocycles. The summed E-state index contributed by atoms with van der Waals surface area (Å²) in [5.41, 5.74) is 0. The highest BCUT2D eigenvalue weighted by Gasteiger charge is 2.41. The van der Waals surface area contributed by atoms with E-state index in [0.717, 1.165) is 12.8 Å². The first kappa shape index (κ1) is 13.9. The summed E-state index contributed by atoms with van der Waals surface area (Å²) >= 11 is 0. The molecule has 1 aliphatic rings. The number of hydrogen-bond donors (Lipinski definition) is 0. The third kappa shape index (κ3) is 3.17. The lowest BCUT2D eigenvalue weighted by atomic mass is 9.88. The van der Waals surface area contributed by atoms with Crippen LogP contribution in [0.5, 0.6) is 0 Å². The van der Waals surface area contributed by atoms with Crippen molar-refractivity contribution in [3.05, 3.63) is 0 Å². The largest absolute Gasteiger partial charge is 0.407 e. The highest BCUT2D eigenvalue weighted by atomic mass is 28.4. The third-order valence-electron chi connectivity index (χ3n) is 4.10. The van der Waals surface area contributed by atoms with Gasteiger partial charge in [0.25, 0.3) is 0 Å². The second-order valence-corrected chi connectivity index (χ2v) is 11.5. The minimum Gasteiger partial charge on any atom is -0.407 e. The SMILES string of the molecule is CC1CCC(=O)C(O[Si](C)(C)C(C)(C)C)C1. The molecule has 0 radical (unpaired) electrons. The molecule has 0 saturated heterocycles. The fourth-order valence-corrected chi connectivity index (χ4v) is 3.10. The molecule has 0 aromatic carbocycles. The van der Waals surface area contributed by atoms with E-state index >= 15 is 0 Å². The summed E-state index contributed by atoms with van der Waals surface area (Å²) in [5, 5.41) is 0.188. The van der Waals surface area contributed by atoms with Gasteiger partial charge in [-0.05, 0) is 36.9 Å². The average Bonchev–Trinajstić information content (AvgIpc) is 2.09. The average molecular weight is 242 g/mol. The molecular formula is C13H26O2Si.